The molecule has 2 rings (SSSR count). The molecule has 1 aliphatic heterocycles. The van der Waals surface area contributed by atoms with Crippen LogP contribution in [-0.2, 0) is 10.0 Å². The molecule has 0 aliphatic carbocycles. The number of rotatable bonds is 4. The van der Waals surface area contributed by atoms with Gasteiger partial charge in [0.05, 0.1) is 23.1 Å². The van der Waals surface area contributed by atoms with Crippen LogP contribution < -0.4 is 0 Å². The molecule has 1 N–H and O–H groups in total. The van der Waals surface area contributed by atoms with Gasteiger partial charge in [-0.3, -0.25) is 4.98 Å². The third-order valence-electron chi connectivity index (χ3n) is 3.60. The maximum atomic E-state index is 11.6. The van der Waals surface area contributed by atoms with Gasteiger partial charge in [0.2, 0.25) is 10.0 Å². The molecule has 5 nitrogen and oxygen atoms in total. The average molecular weight is 319 g/mol. The van der Waals surface area contributed by atoms with Crippen LogP contribution in [0.2, 0.25) is 5.02 Å². The Morgan fingerprint density at radius 2 is 2.30 bits per heavy atom. The zero-order valence-electron chi connectivity index (χ0n) is 11.4. The number of nitrogens with zero attached hydrogens (tertiary/aromatic N) is 2. The summed E-state index contributed by atoms with van der Waals surface area (Å²) >= 11 is 5.76. The van der Waals surface area contributed by atoms with Crippen molar-refractivity contribution < 1.29 is 13.5 Å². The third kappa shape index (κ3) is 4.15. The molecule has 1 saturated heterocycles. The van der Waals surface area contributed by atoms with Gasteiger partial charge in [-0.25, -0.2) is 12.7 Å². The van der Waals surface area contributed by atoms with Crippen molar-refractivity contribution in [1.29, 1.82) is 0 Å². The smallest absolute Gasteiger partial charge is 0.211 e. The molecule has 1 aromatic rings. The fourth-order valence-corrected chi connectivity index (χ4v) is 3.60. The largest absolute Gasteiger partial charge is 0.387 e. The molecular formula is C13H19ClN2O3S. The van der Waals surface area contributed by atoms with Gasteiger partial charge in [-0.15, -0.1) is 0 Å². The summed E-state index contributed by atoms with van der Waals surface area (Å²) in [7, 11) is -3.15. The van der Waals surface area contributed by atoms with Crippen molar-refractivity contribution in [3.8, 4) is 0 Å². The summed E-state index contributed by atoms with van der Waals surface area (Å²) in [6.07, 6.45) is 4.32. The number of halogens is 1. The minimum atomic E-state index is -3.15. The highest BCUT2D eigenvalue weighted by molar-refractivity contribution is 7.88. The Kier molecular flexibility index (Phi) is 5.01. The summed E-state index contributed by atoms with van der Waals surface area (Å²) in [5, 5.41) is 10.7. The molecule has 20 heavy (non-hydrogen) atoms. The zero-order chi connectivity index (χ0) is 14.8. The van der Waals surface area contributed by atoms with Gasteiger partial charge in [-0.2, -0.15) is 0 Å². The van der Waals surface area contributed by atoms with Gasteiger partial charge >= 0.3 is 0 Å². The van der Waals surface area contributed by atoms with Crippen LogP contribution in [0.25, 0.3) is 0 Å². The summed E-state index contributed by atoms with van der Waals surface area (Å²) in [5.41, 5.74) is 0.575. The van der Waals surface area contributed by atoms with Crippen molar-refractivity contribution in [2.45, 2.75) is 25.4 Å². The standard InChI is InChI=1S/C13H19ClN2O3S/c1-20(18,19)16-6-2-3-10(9-16)7-13(17)12-5-4-11(14)8-15-12/h4-5,8,10,13,17H,2-3,6-7,9H2,1H3. The van der Waals surface area contributed by atoms with Crippen molar-refractivity contribution >= 4 is 21.6 Å². The number of aliphatic hydroxyl groups is 1. The second-order valence-electron chi connectivity index (χ2n) is 5.28. The lowest BCUT2D eigenvalue weighted by Crippen LogP contribution is -2.39. The van der Waals surface area contributed by atoms with Gasteiger partial charge < -0.3 is 5.11 Å². The van der Waals surface area contributed by atoms with Crippen molar-refractivity contribution in [2.24, 2.45) is 5.92 Å². The van der Waals surface area contributed by atoms with Crippen molar-refractivity contribution in [2.75, 3.05) is 19.3 Å². The monoisotopic (exact) mass is 318 g/mol. The Morgan fingerprint density at radius 3 is 2.90 bits per heavy atom. The van der Waals surface area contributed by atoms with E-state index in [2.05, 4.69) is 4.98 Å². The average Bonchev–Trinajstić information content (AvgIpc) is 2.38. The van der Waals surface area contributed by atoms with Crippen LogP contribution in [0.3, 0.4) is 0 Å². The Hall–Kier alpha value is -0.690. The Morgan fingerprint density at radius 1 is 1.55 bits per heavy atom. The molecule has 0 saturated carbocycles. The predicted octanol–water partition coefficient (Wildman–Crippen LogP) is 1.83. The highest BCUT2D eigenvalue weighted by Gasteiger charge is 2.27. The fourth-order valence-electron chi connectivity index (χ4n) is 2.54. The lowest BCUT2D eigenvalue weighted by Gasteiger charge is -2.31. The second kappa shape index (κ2) is 6.39. The summed E-state index contributed by atoms with van der Waals surface area (Å²) in [6, 6.07) is 3.39. The molecule has 1 fully saturated rings. The number of piperidine rings is 1. The summed E-state index contributed by atoms with van der Waals surface area (Å²) in [6.45, 7) is 1.05. The zero-order valence-corrected chi connectivity index (χ0v) is 12.9. The van der Waals surface area contributed by atoms with Gasteiger partial charge in [-0.05, 0) is 37.3 Å². The molecule has 7 heteroatoms. The molecule has 2 unspecified atom stereocenters. The molecule has 2 heterocycles. The van der Waals surface area contributed by atoms with Gasteiger partial charge in [0.15, 0.2) is 0 Å². The third-order valence-corrected chi connectivity index (χ3v) is 5.09. The first kappa shape index (κ1) is 15.7. The number of hydrogen-bond acceptors (Lipinski definition) is 4. The van der Waals surface area contributed by atoms with E-state index >= 15 is 0 Å². The van der Waals surface area contributed by atoms with E-state index in [9.17, 15) is 13.5 Å². The van der Waals surface area contributed by atoms with Crippen LogP contribution in [0, 0.1) is 5.92 Å². The van der Waals surface area contributed by atoms with Gasteiger partial charge in [0, 0.05) is 19.3 Å². The summed E-state index contributed by atoms with van der Waals surface area (Å²) in [5.74, 6) is 0.158. The molecule has 2 atom stereocenters. The van der Waals surface area contributed by atoms with E-state index < -0.39 is 16.1 Å². The maximum Gasteiger partial charge on any atom is 0.211 e. The molecule has 0 amide bonds. The molecule has 1 aromatic heterocycles. The van der Waals surface area contributed by atoms with E-state index in [1.165, 1.54) is 16.8 Å². The lowest BCUT2D eigenvalue weighted by atomic mass is 9.92. The van der Waals surface area contributed by atoms with Crippen molar-refractivity contribution in [3.63, 3.8) is 0 Å². The molecular weight excluding hydrogens is 300 g/mol. The predicted molar refractivity (Wildman–Crippen MR) is 78.0 cm³/mol. The highest BCUT2D eigenvalue weighted by atomic mass is 35.5. The van der Waals surface area contributed by atoms with E-state index in [0.29, 0.717) is 30.2 Å². The highest BCUT2D eigenvalue weighted by Crippen LogP contribution is 2.27. The molecule has 0 aromatic carbocycles. The van der Waals surface area contributed by atoms with Crippen LogP contribution in [-0.4, -0.2) is 42.2 Å². The SMILES string of the molecule is CS(=O)(=O)N1CCCC(CC(O)c2ccc(Cl)cn2)C1. The number of sulfonamides is 1. The van der Waals surface area contributed by atoms with E-state index in [-0.39, 0.29) is 5.92 Å². The Labute approximate surface area is 124 Å². The van der Waals surface area contributed by atoms with Gasteiger partial charge in [0.25, 0.3) is 0 Å². The number of aromatic nitrogens is 1. The minimum absolute atomic E-state index is 0.158. The normalized spacial score (nSPS) is 22.6. The summed E-state index contributed by atoms with van der Waals surface area (Å²) in [4.78, 5) is 4.10. The Balaban J connectivity index is 1.97. The first-order valence-electron chi connectivity index (χ1n) is 6.61. The van der Waals surface area contributed by atoms with Crippen molar-refractivity contribution in [1.82, 2.24) is 9.29 Å². The molecule has 1 aliphatic rings. The maximum absolute atomic E-state index is 11.6. The quantitative estimate of drug-likeness (QED) is 0.919. The number of aliphatic hydroxyl groups excluding tert-OH is 1. The molecule has 112 valence electrons. The topological polar surface area (TPSA) is 70.5 Å². The van der Waals surface area contributed by atoms with Gasteiger partial charge in [0.1, 0.15) is 0 Å². The van der Waals surface area contributed by atoms with E-state index in [1.54, 1.807) is 12.1 Å². The van der Waals surface area contributed by atoms with Crippen LogP contribution >= 0.6 is 11.6 Å². The van der Waals surface area contributed by atoms with Crippen LogP contribution in [0.4, 0.5) is 0 Å². The second-order valence-corrected chi connectivity index (χ2v) is 7.70. The van der Waals surface area contributed by atoms with E-state index in [0.717, 1.165) is 12.8 Å². The van der Waals surface area contributed by atoms with Crippen molar-refractivity contribution in [3.05, 3.63) is 29.0 Å². The van der Waals surface area contributed by atoms with Gasteiger partial charge in [-0.1, -0.05) is 11.6 Å². The number of hydrogen-bond donors (Lipinski definition) is 1. The molecule has 0 radical (unpaired) electrons. The lowest BCUT2D eigenvalue weighted by molar-refractivity contribution is 0.119. The van der Waals surface area contributed by atoms with E-state index in [4.69, 9.17) is 11.6 Å². The van der Waals surface area contributed by atoms with Crippen LogP contribution in [0.5, 0.6) is 0 Å². The molecule has 0 bridgehead atoms. The van der Waals surface area contributed by atoms with Crippen LogP contribution in [0.1, 0.15) is 31.1 Å². The van der Waals surface area contributed by atoms with Crippen LogP contribution in [0.15, 0.2) is 18.3 Å². The first-order chi connectivity index (χ1) is 9.36. The minimum Gasteiger partial charge on any atom is -0.387 e. The summed E-state index contributed by atoms with van der Waals surface area (Å²) < 4.78 is 24.6. The Bertz CT molecular complexity index is 547. The fraction of sp³-hybridized carbons (Fsp3) is 0.615. The van der Waals surface area contributed by atoms with E-state index in [1.807, 2.05) is 0 Å². The molecule has 0 spiro atoms. The first-order valence-corrected chi connectivity index (χ1v) is 8.83. The number of pyridine rings is 1.